The van der Waals surface area contributed by atoms with E-state index in [1.165, 1.54) is 0 Å². The molecular formula is C13H24N4. The maximum Gasteiger partial charge on any atom is 0.0772 e. The summed E-state index contributed by atoms with van der Waals surface area (Å²) in [7, 11) is 4.19. The van der Waals surface area contributed by atoms with Crippen LogP contribution in [0.1, 0.15) is 19.0 Å². The molecule has 1 aromatic heterocycles. The molecule has 4 heteroatoms. The van der Waals surface area contributed by atoms with Crippen molar-refractivity contribution < 1.29 is 0 Å². The summed E-state index contributed by atoms with van der Waals surface area (Å²) in [6.07, 6.45) is 2.96. The van der Waals surface area contributed by atoms with E-state index in [9.17, 15) is 0 Å². The van der Waals surface area contributed by atoms with Gasteiger partial charge in [0.1, 0.15) is 0 Å². The number of hydrogen-bond acceptors (Lipinski definition) is 4. The Morgan fingerprint density at radius 3 is 2.59 bits per heavy atom. The van der Waals surface area contributed by atoms with Gasteiger partial charge in [-0.2, -0.15) is 0 Å². The maximum absolute atomic E-state index is 5.92. The molecule has 2 N–H and O–H groups in total. The van der Waals surface area contributed by atoms with Crippen LogP contribution in [0.3, 0.4) is 0 Å². The van der Waals surface area contributed by atoms with Gasteiger partial charge in [-0.05, 0) is 39.2 Å². The summed E-state index contributed by atoms with van der Waals surface area (Å²) < 4.78 is 0. The zero-order valence-corrected chi connectivity index (χ0v) is 11.2. The number of pyridine rings is 1. The molecule has 0 aromatic carbocycles. The molecule has 4 nitrogen and oxygen atoms in total. The average molecular weight is 236 g/mol. The highest BCUT2D eigenvalue weighted by atomic mass is 15.2. The van der Waals surface area contributed by atoms with Gasteiger partial charge in [-0.3, -0.25) is 9.88 Å². The van der Waals surface area contributed by atoms with Crippen molar-refractivity contribution in [2.45, 2.75) is 19.9 Å². The second-order valence-electron chi connectivity index (χ2n) is 4.62. The van der Waals surface area contributed by atoms with Crippen molar-refractivity contribution in [3.05, 3.63) is 24.0 Å². The van der Waals surface area contributed by atoms with Crippen LogP contribution in [0.5, 0.6) is 0 Å². The molecule has 1 rings (SSSR count). The lowest BCUT2D eigenvalue weighted by Crippen LogP contribution is -2.32. The van der Waals surface area contributed by atoms with Crippen molar-refractivity contribution in [2.24, 2.45) is 0 Å². The minimum Gasteiger partial charge on any atom is -0.397 e. The molecule has 0 radical (unpaired) electrons. The van der Waals surface area contributed by atoms with E-state index in [2.05, 4.69) is 35.8 Å². The molecule has 17 heavy (non-hydrogen) atoms. The summed E-state index contributed by atoms with van der Waals surface area (Å²) >= 11 is 0. The van der Waals surface area contributed by atoms with E-state index in [0.29, 0.717) is 0 Å². The molecule has 0 amide bonds. The minimum absolute atomic E-state index is 0.790. The lowest BCUT2D eigenvalue weighted by atomic mass is 10.2. The molecule has 0 unspecified atom stereocenters. The lowest BCUT2D eigenvalue weighted by Gasteiger charge is -2.23. The van der Waals surface area contributed by atoms with Crippen LogP contribution in [0.15, 0.2) is 18.3 Å². The van der Waals surface area contributed by atoms with Crippen LogP contribution in [0.4, 0.5) is 5.69 Å². The number of nitrogens with two attached hydrogens (primary N) is 1. The van der Waals surface area contributed by atoms with Crippen molar-refractivity contribution in [2.75, 3.05) is 39.5 Å². The van der Waals surface area contributed by atoms with Gasteiger partial charge in [0.2, 0.25) is 0 Å². The zero-order valence-electron chi connectivity index (χ0n) is 11.2. The van der Waals surface area contributed by atoms with Gasteiger partial charge in [0.05, 0.1) is 11.4 Å². The number of anilines is 1. The van der Waals surface area contributed by atoms with E-state index in [1.54, 1.807) is 0 Å². The second kappa shape index (κ2) is 7.25. The highest BCUT2D eigenvalue weighted by Gasteiger charge is 2.08. The minimum atomic E-state index is 0.790. The second-order valence-corrected chi connectivity index (χ2v) is 4.62. The quantitative estimate of drug-likeness (QED) is 0.778. The molecule has 0 aliphatic heterocycles. The van der Waals surface area contributed by atoms with Gasteiger partial charge < -0.3 is 10.6 Å². The van der Waals surface area contributed by atoms with Gasteiger partial charge in [0.25, 0.3) is 0 Å². The normalized spacial score (nSPS) is 11.4. The number of hydrogen-bond donors (Lipinski definition) is 1. The number of nitrogens with zero attached hydrogens (tertiary/aromatic N) is 3. The first-order valence-corrected chi connectivity index (χ1v) is 6.20. The SMILES string of the molecule is CCCN(CCN(C)C)Cc1ncccc1N. The van der Waals surface area contributed by atoms with Crippen LogP contribution in [-0.2, 0) is 6.54 Å². The largest absolute Gasteiger partial charge is 0.397 e. The van der Waals surface area contributed by atoms with Crippen LogP contribution < -0.4 is 5.73 Å². The maximum atomic E-state index is 5.92. The molecule has 96 valence electrons. The summed E-state index contributed by atoms with van der Waals surface area (Å²) in [6, 6.07) is 3.79. The number of aromatic nitrogens is 1. The fraction of sp³-hybridized carbons (Fsp3) is 0.615. The van der Waals surface area contributed by atoms with Gasteiger partial charge in [-0.15, -0.1) is 0 Å². The number of nitrogen functional groups attached to an aromatic ring is 1. The Kier molecular flexibility index (Phi) is 5.94. The summed E-state index contributed by atoms with van der Waals surface area (Å²) in [6.45, 7) is 6.24. The highest BCUT2D eigenvalue weighted by Crippen LogP contribution is 2.10. The third-order valence-corrected chi connectivity index (χ3v) is 2.70. The number of likely N-dealkylation sites (N-methyl/N-ethyl adjacent to an activating group) is 1. The smallest absolute Gasteiger partial charge is 0.0772 e. The fourth-order valence-electron chi connectivity index (χ4n) is 1.72. The van der Waals surface area contributed by atoms with Crippen LogP contribution in [0.2, 0.25) is 0 Å². The van der Waals surface area contributed by atoms with Crippen LogP contribution in [0, 0.1) is 0 Å². The van der Waals surface area contributed by atoms with Crippen molar-refractivity contribution in [1.29, 1.82) is 0 Å². The molecule has 0 bridgehead atoms. The average Bonchev–Trinajstić information content (AvgIpc) is 2.29. The Balaban J connectivity index is 2.56. The molecule has 0 aliphatic carbocycles. The topological polar surface area (TPSA) is 45.4 Å². The Hall–Kier alpha value is -1.13. The molecule has 0 aliphatic rings. The molecule has 0 saturated heterocycles. The van der Waals surface area contributed by atoms with Gasteiger partial charge >= 0.3 is 0 Å². The molecular weight excluding hydrogens is 212 g/mol. The third kappa shape index (κ3) is 5.15. The van der Waals surface area contributed by atoms with Gasteiger partial charge in [-0.1, -0.05) is 6.92 Å². The van der Waals surface area contributed by atoms with Crippen molar-refractivity contribution >= 4 is 5.69 Å². The standard InChI is InChI=1S/C13H24N4/c1-4-8-17(10-9-16(2)3)11-13-12(14)6-5-7-15-13/h5-7H,4,8-11,14H2,1-3H3. The summed E-state index contributed by atoms with van der Waals surface area (Å²) in [5.41, 5.74) is 7.70. The Morgan fingerprint density at radius 1 is 1.24 bits per heavy atom. The van der Waals surface area contributed by atoms with E-state index in [4.69, 9.17) is 5.73 Å². The fourth-order valence-corrected chi connectivity index (χ4v) is 1.72. The van der Waals surface area contributed by atoms with E-state index in [1.807, 2.05) is 18.3 Å². The van der Waals surface area contributed by atoms with Crippen LogP contribution in [0.25, 0.3) is 0 Å². The van der Waals surface area contributed by atoms with E-state index in [-0.39, 0.29) is 0 Å². The molecule has 0 spiro atoms. The van der Waals surface area contributed by atoms with Crippen molar-refractivity contribution in [3.8, 4) is 0 Å². The predicted octanol–water partition coefficient (Wildman–Crippen LogP) is 1.44. The lowest BCUT2D eigenvalue weighted by molar-refractivity contribution is 0.232. The highest BCUT2D eigenvalue weighted by molar-refractivity contribution is 5.41. The molecule has 1 heterocycles. The third-order valence-electron chi connectivity index (χ3n) is 2.70. The van der Waals surface area contributed by atoms with Crippen LogP contribution >= 0.6 is 0 Å². The van der Waals surface area contributed by atoms with Gasteiger partial charge in [0, 0.05) is 25.8 Å². The van der Waals surface area contributed by atoms with Gasteiger partial charge in [-0.25, -0.2) is 0 Å². The first-order chi connectivity index (χ1) is 8.13. The van der Waals surface area contributed by atoms with Crippen molar-refractivity contribution in [1.82, 2.24) is 14.8 Å². The summed E-state index contributed by atoms with van der Waals surface area (Å²) in [4.78, 5) is 8.95. The summed E-state index contributed by atoms with van der Waals surface area (Å²) in [5.74, 6) is 0. The first kappa shape index (κ1) is 13.9. The molecule has 1 aromatic rings. The van der Waals surface area contributed by atoms with E-state index < -0.39 is 0 Å². The monoisotopic (exact) mass is 236 g/mol. The van der Waals surface area contributed by atoms with E-state index in [0.717, 1.165) is 44.0 Å². The van der Waals surface area contributed by atoms with Crippen molar-refractivity contribution in [3.63, 3.8) is 0 Å². The Bertz CT molecular complexity index is 325. The Morgan fingerprint density at radius 2 is 2.00 bits per heavy atom. The molecule has 0 atom stereocenters. The first-order valence-electron chi connectivity index (χ1n) is 6.20. The van der Waals surface area contributed by atoms with E-state index >= 15 is 0 Å². The molecule has 0 fully saturated rings. The predicted molar refractivity (Wildman–Crippen MR) is 72.8 cm³/mol. The zero-order chi connectivity index (χ0) is 12.7. The summed E-state index contributed by atoms with van der Waals surface area (Å²) in [5, 5.41) is 0. The Labute approximate surface area is 104 Å². The molecule has 0 saturated carbocycles. The van der Waals surface area contributed by atoms with Crippen LogP contribution in [-0.4, -0.2) is 48.5 Å². The van der Waals surface area contributed by atoms with Gasteiger partial charge in [0.15, 0.2) is 0 Å². The number of rotatable bonds is 7.